The van der Waals surface area contributed by atoms with E-state index in [0.29, 0.717) is 10.0 Å². The van der Waals surface area contributed by atoms with Gasteiger partial charge in [-0.15, -0.1) is 0 Å². The van der Waals surface area contributed by atoms with Crippen LogP contribution in [-0.2, 0) is 0 Å². The summed E-state index contributed by atoms with van der Waals surface area (Å²) in [7, 11) is 0. The molecule has 0 fully saturated rings. The topological polar surface area (TPSA) is 35.0 Å². The van der Waals surface area contributed by atoms with Gasteiger partial charge in [-0.1, -0.05) is 27.5 Å². The number of nitrogens with zero attached hydrogens (tertiary/aromatic N) is 2. The lowest BCUT2D eigenvalue weighted by Gasteiger charge is -2.08. The van der Waals surface area contributed by atoms with Crippen molar-refractivity contribution >= 4 is 27.5 Å². The molecule has 0 unspecified atom stereocenters. The van der Waals surface area contributed by atoms with Crippen molar-refractivity contribution < 1.29 is 9.13 Å². The third-order valence-electron chi connectivity index (χ3n) is 2.08. The lowest BCUT2D eigenvalue weighted by atomic mass is 10.3. The minimum absolute atomic E-state index is 0.0808. The molecule has 0 bridgehead atoms. The van der Waals surface area contributed by atoms with Gasteiger partial charge in [-0.3, -0.25) is 0 Å². The maximum absolute atomic E-state index is 13.5. The molecule has 3 nitrogen and oxygen atoms in total. The van der Waals surface area contributed by atoms with Gasteiger partial charge in [0.1, 0.15) is 11.5 Å². The minimum Gasteiger partial charge on any atom is -0.435 e. The van der Waals surface area contributed by atoms with E-state index in [4.69, 9.17) is 16.3 Å². The van der Waals surface area contributed by atoms with Gasteiger partial charge in [0.05, 0.1) is 0 Å². The molecule has 0 N–H and O–H groups in total. The summed E-state index contributed by atoms with van der Waals surface area (Å²) in [6.07, 6.45) is 1.26. The zero-order valence-electron chi connectivity index (χ0n) is 8.75. The maximum atomic E-state index is 13.5. The Kier molecular flexibility index (Phi) is 3.59. The molecule has 0 aliphatic heterocycles. The highest BCUT2D eigenvalue weighted by Crippen LogP contribution is 2.29. The second kappa shape index (κ2) is 4.98. The zero-order valence-corrected chi connectivity index (χ0v) is 11.1. The van der Waals surface area contributed by atoms with Crippen LogP contribution in [0, 0.1) is 12.7 Å². The van der Waals surface area contributed by atoms with E-state index in [1.165, 1.54) is 18.5 Å². The summed E-state index contributed by atoms with van der Waals surface area (Å²) in [5, 5.41) is 0.283. The largest absolute Gasteiger partial charge is 0.435 e. The van der Waals surface area contributed by atoms with Crippen LogP contribution in [0.4, 0.5) is 4.39 Å². The van der Waals surface area contributed by atoms with Gasteiger partial charge in [-0.25, -0.2) is 14.4 Å². The SMILES string of the molecule is Cc1c(Cl)ncnc1Oc1cc(Br)ccc1F. The summed E-state index contributed by atoms with van der Waals surface area (Å²) in [6, 6.07) is 4.41. The van der Waals surface area contributed by atoms with Crippen LogP contribution in [0.25, 0.3) is 0 Å². The second-order valence-electron chi connectivity index (χ2n) is 3.27. The fraction of sp³-hybridized carbons (Fsp3) is 0.0909. The molecule has 0 aliphatic carbocycles. The molecule has 1 heterocycles. The molecule has 0 spiro atoms. The Morgan fingerprint density at radius 3 is 2.88 bits per heavy atom. The smallest absolute Gasteiger partial charge is 0.226 e. The number of benzene rings is 1. The number of aromatic nitrogens is 2. The van der Waals surface area contributed by atoms with Crippen LogP contribution in [0.2, 0.25) is 5.15 Å². The quantitative estimate of drug-likeness (QED) is 0.781. The molecule has 1 aromatic heterocycles. The van der Waals surface area contributed by atoms with E-state index in [0.717, 1.165) is 0 Å². The van der Waals surface area contributed by atoms with Crippen LogP contribution in [0.3, 0.4) is 0 Å². The summed E-state index contributed by atoms with van der Waals surface area (Å²) in [6.45, 7) is 1.70. The first-order valence-electron chi connectivity index (χ1n) is 4.68. The third kappa shape index (κ3) is 2.73. The van der Waals surface area contributed by atoms with Gasteiger partial charge in [0.2, 0.25) is 5.88 Å². The lowest BCUT2D eigenvalue weighted by molar-refractivity contribution is 0.423. The van der Waals surface area contributed by atoms with Gasteiger partial charge in [0, 0.05) is 10.0 Å². The average molecular weight is 318 g/mol. The molecule has 6 heteroatoms. The highest BCUT2D eigenvalue weighted by molar-refractivity contribution is 9.10. The molecule has 1 aromatic carbocycles. The van der Waals surface area contributed by atoms with E-state index in [2.05, 4.69) is 25.9 Å². The normalized spacial score (nSPS) is 10.4. The number of hydrogen-bond donors (Lipinski definition) is 0. The molecule has 0 saturated heterocycles. The zero-order chi connectivity index (χ0) is 12.4. The highest BCUT2D eigenvalue weighted by Gasteiger charge is 2.10. The van der Waals surface area contributed by atoms with E-state index >= 15 is 0 Å². The summed E-state index contributed by atoms with van der Waals surface area (Å²) in [5.74, 6) is -0.151. The van der Waals surface area contributed by atoms with Crippen LogP contribution in [0.5, 0.6) is 11.6 Å². The van der Waals surface area contributed by atoms with E-state index < -0.39 is 5.82 Å². The summed E-state index contributed by atoms with van der Waals surface area (Å²) >= 11 is 9.05. The molecular formula is C11H7BrClFN2O. The maximum Gasteiger partial charge on any atom is 0.226 e. The van der Waals surface area contributed by atoms with Gasteiger partial charge in [0.15, 0.2) is 11.6 Å². The average Bonchev–Trinajstić information content (AvgIpc) is 2.30. The molecule has 2 aromatic rings. The first kappa shape index (κ1) is 12.3. The van der Waals surface area contributed by atoms with Crippen LogP contribution in [-0.4, -0.2) is 9.97 Å². The number of halogens is 3. The van der Waals surface area contributed by atoms with E-state index in [-0.39, 0.29) is 16.8 Å². The molecule has 0 saturated carbocycles. The van der Waals surface area contributed by atoms with Crippen LogP contribution in [0.1, 0.15) is 5.56 Å². The first-order chi connectivity index (χ1) is 8.08. The Hall–Kier alpha value is -1.20. The third-order valence-corrected chi connectivity index (χ3v) is 2.95. The van der Waals surface area contributed by atoms with Crippen LogP contribution in [0.15, 0.2) is 29.0 Å². The molecule has 0 radical (unpaired) electrons. The molecule has 88 valence electrons. The summed E-state index contributed by atoms with van der Waals surface area (Å²) < 4.78 is 19.5. The monoisotopic (exact) mass is 316 g/mol. The summed E-state index contributed by atoms with van der Waals surface area (Å²) in [5.41, 5.74) is 0.563. The van der Waals surface area contributed by atoms with Gasteiger partial charge in [-0.2, -0.15) is 0 Å². The summed E-state index contributed by atoms with van der Waals surface area (Å²) in [4.78, 5) is 7.70. The Morgan fingerprint density at radius 2 is 2.12 bits per heavy atom. The van der Waals surface area contributed by atoms with E-state index in [9.17, 15) is 4.39 Å². The lowest BCUT2D eigenvalue weighted by Crippen LogP contribution is -1.95. The van der Waals surface area contributed by atoms with Gasteiger partial charge in [0.25, 0.3) is 0 Å². The molecule has 17 heavy (non-hydrogen) atoms. The Labute approximate surface area is 111 Å². The fourth-order valence-corrected chi connectivity index (χ4v) is 1.64. The van der Waals surface area contributed by atoms with Crippen molar-refractivity contribution in [2.24, 2.45) is 0 Å². The van der Waals surface area contributed by atoms with Gasteiger partial charge >= 0.3 is 0 Å². The Bertz CT molecular complexity index is 565. The molecule has 0 atom stereocenters. The predicted octanol–water partition coefficient (Wildman–Crippen LogP) is 4.13. The van der Waals surface area contributed by atoms with Crippen molar-refractivity contribution in [1.82, 2.24) is 9.97 Å². The highest BCUT2D eigenvalue weighted by atomic mass is 79.9. The van der Waals surface area contributed by atoms with E-state index in [1.54, 1.807) is 13.0 Å². The van der Waals surface area contributed by atoms with Gasteiger partial charge < -0.3 is 4.74 Å². The van der Waals surface area contributed by atoms with Crippen molar-refractivity contribution in [1.29, 1.82) is 0 Å². The Balaban J connectivity index is 2.38. The van der Waals surface area contributed by atoms with Gasteiger partial charge in [-0.05, 0) is 25.1 Å². The predicted molar refractivity (Wildman–Crippen MR) is 66.0 cm³/mol. The molecule has 2 rings (SSSR count). The number of rotatable bonds is 2. The number of hydrogen-bond acceptors (Lipinski definition) is 3. The van der Waals surface area contributed by atoms with Crippen molar-refractivity contribution in [3.63, 3.8) is 0 Å². The van der Waals surface area contributed by atoms with Crippen molar-refractivity contribution in [3.05, 3.63) is 45.5 Å². The van der Waals surface area contributed by atoms with E-state index in [1.807, 2.05) is 0 Å². The van der Waals surface area contributed by atoms with Crippen molar-refractivity contribution in [3.8, 4) is 11.6 Å². The standard InChI is InChI=1S/C11H7BrClFN2O/c1-6-10(13)15-5-16-11(6)17-9-4-7(12)2-3-8(9)14/h2-5H,1H3. The second-order valence-corrected chi connectivity index (χ2v) is 4.55. The molecular weight excluding hydrogens is 310 g/mol. The molecule has 0 aliphatic rings. The van der Waals surface area contributed by atoms with Crippen molar-refractivity contribution in [2.45, 2.75) is 6.92 Å². The van der Waals surface area contributed by atoms with Crippen molar-refractivity contribution in [2.75, 3.05) is 0 Å². The first-order valence-corrected chi connectivity index (χ1v) is 5.85. The Morgan fingerprint density at radius 1 is 1.35 bits per heavy atom. The van der Waals surface area contributed by atoms with Crippen LogP contribution < -0.4 is 4.74 Å². The fourth-order valence-electron chi connectivity index (χ4n) is 1.18. The number of ether oxygens (including phenoxy) is 1. The van der Waals surface area contributed by atoms with Crippen LogP contribution >= 0.6 is 27.5 Å². The molecule has 0 amide bonds. The minimum atomic E-state index is -0.470.